The number of hydrogen-bond acceptors (Lipinski definition) is 4. The average molecular weight is 212 g/mol. The maximum absolute atomic E-state index is 10.6. The van der Waals surface area contributed by atoms with E-state index in [0.717, 1.165) is 12.8 Å². The lowest BCUT2D eigenvalue weighted by molar-refractivity contribution is 0.0680. The molecule has 0 spiro atoms. The molecule has 0 bridgehead atoms. The number of carboxylic acids is 1. The molecule has 1 N–H and O–H groups in total. The number of hydrogen-bond donors (Lipinski definition) is 1. The van der Waals surface area contributed by atoms with Crippen LogP contribution in [0.15, 0.2) is 4.52 Å². The van der Waals surface area contributed by atoms with Gasteiger partial charge >= 0.3 is 5.97 Å². The van der Waals surface area contributed by atoms with E-state index in [1.165, 1.54) is 0 Å². The fourth-order valence-corrected chi connectivity index (χ4v) is 1.50. The molecule has 0 aliphatic rings. The highest BCUT2D eigenvalue weighted by Gasteiger charge is 2.20. The van der Waals surface area contributed by atoms with Crippen LogP contribution in [-0.4, -0.2) is 21.2 Å². The van der Waals surface area contributed by atoms with Gasteiger partial charge in [0.1, 0.15) is 0 Å². The molecule has 1 heterocycles. The van der Waals surface area contributed by atoms with Gasteiger partial charge in [-0.25, -0.2) is 4.79 Å². The Labute approximate surface area is 88.5 Å². The van der Waals surface area contributed by atoms with Crippen LogP contribution in [0.4, 0.5) is 0 Å². The zero-order valence-corrected chi connectivity index (χ0v) is 9.23. The van der Waals surface area contributed by atoms with Crippen LogP contribution in [0.1, 0.15) is 56.0 Å². The van der Waals surface area contributed by atoms with Gasteiger partial charge in [0.25, 0.3) is 5.82 Å². The van der Waals surface area contributed by atoms with Crippen molar-refractivity contribution < 1.29 is 14.4 Å². The van der Waals surface area contributed by atoms with Crippen LogP contribution in [0.25, 0.3) is 0 Å². The van der Waals surface area contributed by atoms with E-state index in [2.05, 4.69) is 24.0 Å². The standard InChI is InChI=1S/C10H16N2O3/c1-4-7(5-6(2)3)9-11-8(10(13)14)12-15-9/h6-7H,4-5H2,1-3H3,(H,13,14). The Balaban J connectivity index is 2.78. The molecule has 0 fully saturated rings. The summed E-state index contributed by atoms with van der Waals surface area (Å²) in [5, 5.41) is 12.1. The van der Waals surface area contributed by atoms with Crippen molar-refractivity contribution in [2.24, 2.45) is 5.92 Å². The van der Waals surface area contributed by atoms with Gasteiger partial charge in [0.05, 0.1) is 0 Å². The van der Waals surface area contributed by atoms with Crippen LogP contribution in [0.2, 0.25) is 0 Å². The van der Waals surface area contributed by atoms with Crippen LogP contribution >= 0.6 is 0 Å². The number of aromatic carboxylic acids is 1. The van der Waals surface area contributed by atoms with Gasteiger partial charge in [0.15, 0.2) is 0 Å². The molecule has 15 heavy (non-hydrogen) atoms. The van der Waals surface area contributed by atoms with Crippen molar-refractivity contribution in [3.8, 4) is 0 Å². The highest BCUT2D eigenvalue weighted by Crippen LogP contribution is 2.25. The van der Waals surface area contributed by atoms with Gasteiger partial charge in [-0.15, -0.1) is 0 Å². The van der Waals surface area contributed by atoms with E-state index < -0.39 is 5.97 Å². The molecule has 0 amide bonds. The van der Waals surface area contributed by atoms with Crippen LogP contribution in [0.5, 0.6) is 0 Å². The molecular weight excluding hydrogens is 196 g/mol. The van der Waals surface area contributed by atoms with E-state index >= 15 is 0 Å². The summed E-state index contributed by atoms with van der Waals surface area (Å²) in [5.41, 5.74) is 0. The summed E-state index contributed by atoms with van der Waals surface area (Å²) in [6.07, 6.45) is 1.80. The van der Waals surface area contributed by atoms with Crippen LogP contribution in [-0.2, 0) is 0 Å². The van der Waals surface area contributed by atoms with Gasteiger partial charge in [0.2, 0.25) is 5.89 Å². The summed E-state index contributed by atoms with van der Waals surface area (Å²) in [6.45, 7) is 6.24. The average Bonchev–Trinajstić information content (AvgIpc) is 2.62. The summed E-state index contributed by atoms with van der Waals surface area (Å²) in [5.74, 6) is -0.291. The van der Waals surface area contributed by atoms with Crippen LogP contribution < -0.4 is 0 Å². The summed E-state index contributed by atoms with van der Waals surface area (Å²) in [4.78, 5) is 14.4. The zero-order valence-electron chi connectivity index (χ0n) is 9.23. The molecule has 1 atom stereocenters. The summed E-state index contributed by atoms with van der Waals surface area (Å²) >= 11 is 0. The molecule has 0 saturated carbocycles. The third-order valence-electron chi connectivity index (χ3n) is 2.23. The van der Waals surface area contributed by atoms with E-state index in [1.807, 2.05) is 6.92 Å². The SMILES string of the molecule is CCC(CC(C)C)c1nc(C(=O)O)no1. The number of aromatic nitrogens is 2. The topological polar surface area (TPSA) is 76.2 Å². The molecule has 1 rings (SSSR count). The van der Waals surface area contributed by atoms with Gasteiger partial charge in [-0.2, -0.15) is 4.98 Å². The van der Waals surface area contributed by atoms with Crippen molar-refractivity contribution in [3.05, 3.63) is 11.7 Å². The van der Waals surface area contributed by atoms with Gasteiger partial charge in [-0.1, -0.05) is 20.8 Å². The minimum Gasteiger partial charge on any atom is -0.475 e. The minimum absolute atomic E-state index is 0.158. The third kappa shape index (κ3) is 3.04. The Hall–Kier alpha value is -1.39. The smallest absolute Gasteiger partial charge is 0.377 e. The Bertz CT molecular complexity index is 333. The molecule has 1 unspecified atom stereocenters. The van der Waals surface area contributed by atoms with E-state index in [0.29, 0.717) is 11.8 Å². The Morgan fingerprint density at radius 1 is 1.53 bits per heavy atom. The van der Waals surface area contributed by atoms with Crippen LogP contribution in [0.3, 0.4) is 0 Å². The van der Waals surface area contributed by atoms with E-state index in [-0.39, 0.29) is 11.7 Å². The first kappa shape index (κ1) is 11.7. The second kappa shape index (κ2) is 4.91. The van der Waals surface area contributed by atoms with Gasteiger partial charge in [-0.3, -0.25) is 0 Å². The lowest BCUT2D eigenvalue weighted by Gasteiger charge is -2.11. The second-order valence-electron chi connectivity index (χ2n) is 4.00. The number of carbonyl (C=O) groups is 1. The summed E-state index contributed by atoms with van der Waals surface area (Å²) in [6, 6.07) is 0. The molecule has 0 saturated heterocycles. The Morgan fingerprint density at radius 3 is 2.60 bits per heavy atom. The summed E-state index contributed by atoms with van der Waals surface area (Å²) in [7, 11) is 0. The van der Waals surface area contributed by atoms with Crippen molar-refractivity contribution in [1.82, 2.24) is 10.1 Å². The lowest BCUT2D eigenvalue weighted by Crippen LogP contribution is -2.04. The molecular formula is C10H16N2O3. The molecule has 1 aromatic rings. The van der Waals surface area contributed by atoms with Crippen molar-refractivity contribution >= 4 is 5.97 Å². The first-order valence-corrected chi connectivity index (χ1v) is 5.11. The molecule has 0 aliphatic carbocycles. The predicted octanol–water partition coefficient (Wildman–Crippen LogP) is 2.31. The van der Waals surface area contributed by atoms with Gasteiger partial charge < -0.3 is 9.63 Å². The van der Waals surface area contributed by atoms with Gasteiger partial charge in [0, 0.05) is 5.92 Å². The highest BCUT2D eigenvalue weighted by molar-refractivity contribution is 5.82. The van der Waals surface area contributed by atoms with Crippen molar-refractivity contribution in [3.63, 3.8) is 0 Å². The Kier molecular flexibility index (Phi) is 3.82. The van der Waals surface area contributed by atoms with E-state index in [4.69, 9.17) is 9.63 Å². The van der Waals surface area contributed by atoms with Crippen molar-refractivity contribution in [2.45, 2.75) is 39.5 Å². The molecule has 1 aromatic heterocycles. The third-order valence-corrected chi connectivity index (χ3v) is 2.23. The maximum Gasteiger partial charge on any atom is 0.377 e. The quantitative estimate of drug-likeness (QED) is 0.810. The van der Waals surface area contributed by atoms with Crippen LogP contribution in [0, 0.1) is 5.92 Å². The lowest BCUT2D eigenvalue weighted by atomic mass is 9.95. The maximum atomic E-state index is 10.6. The zero-order chi connectivity index (χ0) is 11.4. The molecule has 0 aliphatic heterocycles. The van der Waals surface area contributed by atoms with Crippen molar-refractivity contribution in [2.75, 3.05) is 0 Å². The molecule has 5 heteroatoms. The second-order valence-corrected chi connectivity index (χ2v) is 4.00. The number of carboxylic acid groups (broad SMARTS) is 1. The first-order valence-electron chi connectivity index (χ1n) is 5.11. The van der Waals surface area contributed by atoms with E-state index in [1.54, 1.807) is 0 Å². The normalized spacial score (nSPS) is 13.1. The largest absolute Gasteiger partial charge is 0.475 e. The first-order chi connectivity index (χ1) is 7.04. The Morgan fingerprint density at radius 2 is 2.20 bits per heavy atom. The fraction of sp³-hybridized carbons (Fsp3) is 0.700. The monoisotopic (exact) mass is 212 g/mol. The van der Waals surface area contributed by atoms with Gasteiger partial charge in [-0.05, 0) is 23.9 Å². The minimum atomic E-state index is -1.15. The number of rotatable bonds is 5. The fourth-order valence-electron chi connectivity index (χ4n) is 1.50. The number of nitrogens with zero attached hydrogens (tertiary/aromatic N) is 2. The highest BCUT2D eigenvalue weighted by atomic mass is 16.5. The van der Waals surface area contributed by atoms with Crippen molar-refractivity contribution in [1.29, 1.82) is 0 Å². The molecule has 0 radical (unpaired) electrons. The predicted molar refractivity (Wildman–Crippen MR) is 53.7 cm³/mol. The summed E-state index contributed by atoms with van der Waals surface area (Å²) < 4.78 is 4.94. The molecule has 84 valence electrons. The van der Waals surface area contributed by atoms with E-state index in [9.17, 15) is 4.79 Å². The molecule has 0 aromatic carbocycles. The molecule has 5 nitrogen and oxygen atoms in total.